The lowest BCUT2D eigenvalue weighted by atomic mass is 10.0. The number of H-pyrrole nitrogens is 1. The van der Waals surface area contributed by atoms with Gasteiger partial charge in [0.05, 0.1) is 6.21 Å². The molecule has 2 aromatic carbocycles. The second-order valence-electron chi connectivity index (χ2n) is 4.97. The van der Waals surface area contributed by atoms with Gasteiger partial charge in [-0.1, -0.05) is 37.3 Å². The van der Waals surface area contributed by atoms with Crippen LogP contribution >= 0.6 is 12.2 Å². The van der Waals surface area contributed by atoms with Crippen LogP contribution in [-0.4, -0.2) is 26.2 Å². The van der Waals surface area contributed by atoms with Crippen LogP contribution < -0.4 is 0 Å². The number of nitrogens with one attached hydrogen (secondary N) is 1. The van der Waals surface area contributed by atoms with Crippen molar-refractivity contribution >= 4 is 29.2 Å². The van der Waals surface area contributed by atoms with E-state index in [0.29, 0.717) is 10.3 Å². The Kier molecular flexibility index (Phi) is 4.02. The largest absolute Gasteiger partial charge is 0.507 e. The molecule has 0 aliphatic heterocycles. The molecule has 0 spiro atoms. The molecule has 1 aromatic heterocycles. The van der Waals surface area contributed by atoms with Crippen molar-refractivity contribution in [1.29, 1.82) is 0 Å². The lowest BCUT2D eigenvalue weighted by molar-refractivity contribution is 0.475. The summed E-state index contributed by atoms with van der Waals surface area (Å²) in [5.41, 5.74) is 0.670. The Morgan fingerprint density at radius 1 is 1.32 bits per heavy atom. The van der Waals surface area contributed by atoms with E-state index in [1.807, 2.05) is 30.3 Å². The number of aromatic amines is 1. The average Bonchev–Trinajstić information content (AvgIpc) is 2.87. The predicted molar refractivity (Wildman–Crippen MR) is 90.0 cm³/mol. The minimum Gasteiger partial charge on any atom is -0.507 e. The first-order valence-electron chi connectivity index (χ1n) is 7.12. The Balaban J connectivity index is 2.09. The Bertz CT molecular complexity index is 895. The molecule has 0 aliphatic carbocycles. The van der Waals surface area contributed by atoms with Crippen LogP contribution in [0.4, 0.5) is 0 Å². The number of hydrogen-bond donors (Lipinski definition) is 2. The fourth-order valence-corrected chi connectivity index (χ4v) is 2.56. The lowest BCUT2D eigenvalue weighted by Crippen LogP contribution is -1.99. The van der Waals surface area contributed by atoms with Gasteiger partial charge in [-0.2, -0.15) is 14.9 Å². The fourth-order valence-electron chi connectivity index (χ4n) is 2.36. The summed E-state index contributed by atoms with van der Waals surface area (Å²) in [7, 11) is 0. The van der Waals surface area contributed by atoms with Gasteiger partial charge in [-0.15, -0.1) is 0 Å². The molecule has 1 heterocycles. The minimum absolute atomic E-state index is 0.189. The molecule has 0 radical (unpaired) electrons. The molecule has 0 fully saturated rings. The quantitative estimate of drug-likeness (QED) is 0.571. The molecule has 0 atom stereocenters. The smallest absolute Gasteiger partial charge is 0.216 e. The Labute approximate surface area is 132 Å². The van der Waals surface area contributed by atoms with Gasteiger partial charge in [0.15, 0.2) is 5.82 Å². The molecule has 3 rings (SSSR count). The summed E-state index contributed by atoms with van der Waals surface area (Å²) in [5.74, 6) is 0.970. The number of hydrogen-bond acceptors (Lipinski definition) is 4. The highest BCUT2D eigenvalue weighted by Crippen LogP contribution is 2.25. The van der Waals surface area contributed by atoms with Gasteiger partial charge < -0.3 is 5.11 Å². The second-order valence-corrected chi connectivity index (χ2v) is 5.36. The molecule has 5 nitrogen and oxygen atoms in total. The number of phenolic OH excluding ortho intramolecular Hbond substituents is 1. The number of phenols is 1. The van der Waals surface area contributed by atoms with E-state index >= 15 is 0 Å². The van der Waals surface area contributed by atoms with Crippen LogP contribution in [0.1, 0.15) is 24.7 Å². The van der Waals surface area contributed by atoms with Crippen molar-refractivity contribution in [2.75, 3.05) is 0 Å². The van der Waals surface area contributed by atoms with Crippen LogP contribution in [0.3, 0.4) is 0 Å². The predicted octanol–water partition coefficient (Wildman–Crippen LogP) is 3.63. The van der Waals surface area contributed by atoms with Crippen LogP contribution in [0.5, 0.6) is 5.75 Å². The van der Waals surface area contributed by atoms with Gasteiger partial charge in [-0.3, -0.25) is 5.10 Å². The van der Waals surface area contributed by atoms with Crippen molar-refractivity contribution in [2.45, 2.75) is 19.8 Å². The molecule has 0 amide bonds. The maximum absolute atomic E-state index is 10.1. The molecule has 22 heavy (non-hydrogen) atoms. The van der Waals surface area contributed by atoms with Gasteiger partial charge in [-0.05, 0) is 35.5 Å². The summed E-state index contributed by atoms with van der Waals surface area (Å²) < 4.78 is 2.04. The molecule has 112 valence electrons. The SMILES string of the molecule is CCCc1n[nH]c(=S)n1/N=C\c1c(O)ccc2ccccc12. The first-order valence-corrected chi connectivity index (χ1v) is 7.53. The zero-order chi connectivity index (χ0) is 15.5. The van der Waals surface area contributed by atoms with Crippen LogP contribution in [0.25, 0.3) is 10.8 Å². The monoisotopic (exact) mass is 312 g/mol. The van der Waals surface area contributed by atoms with Crippen molar-refractivity contribution in [3.8, 4) is 5.75 Å². The van der Waals surface area contributed by atoms with Crippen LogP contribution in [0.2, 0.25) is 0 Å². The van der Waals surface area contributed by atoms with E-state index in [0.717, 1.165) is 29.4 Å². The fraction of sp³-hybridized carbons (Fsp3) is 0.188. The second kappa shape index (κ2) is 6.11. The van der Waals surface area contributed by atoms with Gasteiger partial charge >= 0.3 is 0 Å². The first-order chi connectivity index (χ1) is 10.7. The van der Waals surface area contributed by atoms with Crippen molar-refractivity contribution in [3.63, 3.8) is 0 Å². The zero-order valence-corrected chi connectivity index (χ0v) is 13.0. The molecular formula is C16H16N4OS. The Morgan fingerprint density at radius 2 is 2.14 bits per heavy atom. The van der Waals surface area contributed by atoms with E-state index in [9.17, 15) is 5.11 Å². The van der Waals surface area contributed by atoms with Gasteiger partial charge in [0, 0.05) is 12.0 Å². The lowest BCUT2D eigenvalue weighted by Gasteiger charge is -2.05. The van der Waals surface area contributed by atoms with E-state index in [1.54, 1.807) is 17.0 Å². The third-order valence-corrected chi connectivity index (χ3v) is 3.71. The zero-order valence-electron chi connectivity index (χ0n) is 12.2. The maximum Gasteiger partial charge on any atom is 0.216 e. The Hall–Kier alpha value is -2.47. The molecule has 0 saturated heterocycles. The number of aryl methyl sites for hydroxylation is 1. The van der Waals surface area contributed by atoms with Gasteiger partial charge in [-0.25, -0.2) is 0 Å². The number of fused-ring (bicyclic) bond motifs is 1. The molecule has 0 unspecified atom stereocenters. The first kappa shape index (κ1) is 14.5. The average molecular weight is 312 g/mol. The van der Waals surface area contributed by atoms with Gasteiger partial charge in [0.2, 0.25) is 4.77 Å². The Morgan fingerprint density at radius 3 is 2.95 bits per heavy atom. The van der Waals surface area contributed by atoms with Crippen molar-refractivity contribution < 1.29 is 5.11 Å². The van der Waals surface area contributed by atoms with E-state index < -0.39 is 0 Å². The highest BCUT2D eigenvalue weighted by molar-refractivity contribution is 7.71. The number of aromatic hydroxyl groups is 1. The molecular weight excluding hydrogens is 296 g/mol. The van der Waals surface area contributed by atoms with Gasteiger partial charge in [0.25, 0.3) is 0 Å². The van der Waals surface area contributed by atoms with E-state index in [2.05, 4.69) is 22.2 Å². The van der Waals surface area contributed by atoms with Crippen molar-refractivity contribution in [1.82, 2.24) is 14.9 Å². The summed E-state index contributed by atoms with van der Waals surface area (Å²) in [5, 5.41) is 23.4. The number of rotatable bonds is 4. The standard InChI is InChI=1S/C16H16N4OS/c1-2-5-15-18-19-16(22)20(15)17-10-13-12-7-4-3-6-11(12)8-9-14(13)21/h3-4,6-10,21H,2,5H2,1H3,(H,19,22)/b17-10-. The van der Waals surface area contributed by atoms with Gasteiger partial charge in [0.1, 0.15) is 5.75 Å². The van der Waals surface area contributed by atoms with E-state index in [1.165, 1.54) is 0 Å². The summed E-state index contributed by atoms with van der Waals surface area (Å²) in [6.07, 6.45) is 3.36. The highest BCUT2D eigenvalue weighted by atomic mass is 32.1. The molecule has 0 saturated carbocycles. The maximum atomic E-state index is 10.1. The third kappa shape index (κ3) is 2.65. The van der Waals surface area contributed by atoms with E-state index in [4.69, 9.17) is 12.2 Å². The summed E-state index contributed by atoms with van der Waals surface area (Å²) >= 11 is 5.20. The van der Waals surface area contributed by atoms with Crippen LogP contribution in [0.15, 0.2) is 41.5 Å². The molecule has 0 bridgehead atoms. The minimum atomic E-state index is 0.189. The van der Waals surface area contributed by atoms with Crippen LogP contribution in [-0.2, 0) is 6.42 Å². The number of aromatic nitrogens is 3. The third-order valence-electron chi connectivity index (χ3n) is 3.44. The summed E-state index contributed by atoms with van der Waals surface area (Å²) in [6.45, 7) is 2.07. The van der Waals surface area contributed by atoms with Crippen LogP contribution in [0, 0.1) is 4.77 Å². The topological polar surface area (TPSA) is 66.2 Å². The molecule has 3 aromatic rings. The number of nitrogens with zero attached hydrogens (tertiary/aromatic N) is 3. The summed E-state index contributed by atoms with van der Waals surface area (Å²) in [6, 6.07) is 11.4. The normalized spacial score (nSPS) is 11.5. The molecule has 0 aliphatic rings. The summed E-state index contributed by atoms with van der Waals surface area (Å²) in [4.78, 5) is 0. The highest BCUT2D eigenvalue weighted by Gasteiger charge is 2.06. The van der Waals surface area contributed by atoms with Crippen molar-refractivity contribution in [3.05, 3.63) is 52.6 Å². The molecule has 6 heteroatoms. The molecule has 2 N–H and O–H groups in total. The number of benzene rings is 2. The van der Waals surface area contributed by atoms with Crippen molar-refractivity contribution in [2.24, 2.45) is 5.10 Å². The van der Waals surface area contributed by atoms with E-state index in [-0.39, 0.29) is 5.75 Å².